The molecule has 2 amide bonds. The summed E-state index contributed by atoms with van der Waals surface area (Å²) < 4.78 is 9.78. The van der Waals surface area contributed by atoms with E-state index in [-0.39, 0.29) is 19.1 Å². The molecule has 0 aliphatic carbocycles. The van der Waals surface area contributed by atoms with Gasteiger partial charge in [0.15, 0.2) is 0 Å². The van der Waals surface area contributed by atoms with Crippen LogP contribution in [0.5, 0.6) is 0 Å². The maximum absolute atomic E-state index is 12.4. The van der Waals surface area contributed by atoms with Crippen molar-refractivity contribution in [1.29, 1.82) is 0 Å². The maximum atomic E-state index is 12.4. The van der Waals surface area contributed by atoms with Crippen LogP contribution in [0.3, 0.4) is 0 Å². The smallest absolute Gasteiger partial charge is 0.410 e. The zero-order valence-corrected chi connectivity index (χ0v) is 11.9. The van der Waals surface area contributed by atoms with E-state index in [4.69, 9.17) is 9.47 Å². The van der Waals surface area contributed by atoms with Crippen LogP contribution < -0.4 is 0 Å². The Hall–Kier alpha value is -1.79. The second kappa shape index (κ2) is 5.68. The van der Waals surface area contributed by atoms with Gasteiger partial charge < -0.3 is 14.4 Å². The van der Waals surface area contributed by atoms with Crippen LogP contribution in [0, 0.1) is 0 Å². The molecule has 0 bridgehead atoms. The Kier molecular flexibility index (Phi) is 4.15. The second-order valence-corrected chi connectivity index (χ2v) is 4.95. The van der Waals surface area contributed by atoms with Gasteiger partial charge in [0.05, 0.1) is 19.8 Å². The van der Waals surface area contributed by atoms with E-state index in [9.17, 15) is 14.4 Å². The lowest BCUT2D eigenvalue weighted by atomic mass is 9.97. The summed E-state index contributed by atoms with van der Waals surface area (Å²) in [7, 11) is 0. The first-order valence-electron chi connectivity index (χ1n) is 6.94. The number of esters is 1. The van der Waals surface area contributed by atoms with Crippen LogP contribution in [0.2, 0.25) is 0 Å². The van der Waals surface area contributed by atoms with E-state index in [0.717, 1.165) is 6.42 Å². The summed E-state index contributed by atoms with van der Waals surface area (Å²) in [6, 6.07) is 0. The van der Waals surface area contributed by atoms with Gasteiger partial charge in [-0.3, -0.25) is 14.5 Å². The van der Waals surface area contributed by atoms with Crippen LogP contribution in [0.25, 0.3) is 0 Å². The van der Waals surface area contributed by atoms with Gasteiger partial charge in [0.25, 0.3) is 5.91 Å². The average molecular weight is 284 g/mol. The highest BCUT2D eigenvalue weighted by atomic mass is 16.6. The fourth-order valence-electron chi connectivity index (χ4n) is 2.64. The van der Waals surface area contributed by atoms with Gasteiger partial charge in [-0.25, -0.2) is 4.79 Å². The minimum atomic E-state index is -0.781. The van der Waals surface area contributed by atoms with Gasteiger partial charge in [-0.2, -0.15) is 0 Å². The van der Waals surface area contributed by atoms with Crippen LogP contribution in [0.1, 0.15) is 26.7 Å². The molecule has 7 nitrogen and oxygen atoms in total. The lowest BCUT2D eigenvalue weighted by Gasteiger charge is -2.31. The molecule has 7 heteroatoms. The molecule has 2 heterocycles. The molecule has 0 N–H and O–H groups in total. The third-order valence-corrected chi connectivity index (χ3v) is 3.65. The topological polar surface area (TPSA) is 75.9 Å². The van der Waals surface area contributed by atoms with Crippen molar-refractivity contribution in [3.8, 4) is 0 Å². The highest BCUT2D eigenvalue weighted by Gasteiger charge is 2.63. The SMILES string of the molecule is CCOC(=O)CN1CCCC2(CN2C(=O)OCC)C1=O. The van der Waals surface area contributed by atoms with E-state index in [0.29, 0.717) is 26.1 Å². The minimum absolute atomic E-state index is 0.0505. The molecule has 2 saturated heterocycles. The highest BCUT2D eigenvalue weighted by molar-refractivity contribution is 5.97. The molecule has 2 aliphatic rings. The number of likely N-dealkylation sites (tertiary alicyclic amines) is 1. The molecular weight excluding hydrogens is 264 g/mol. The number of nitrogens with zero attached hydrogens (tertiary/aromatic N) is 2. The van der Waals surface area contributed by atoms with Crippen LogP contribution in [0.15, 0.2) is 0 Å². The highest BCUT2D eigenvalue weighted by Crippen LogP contribution is 2.41. The molecule has 112 valence electrons. The third-order valence-electron chi connectivity index (χ3n) is 3.65. The van der Waals surface area contributed by atoms with Crippen molar-refractivity contribution in [1.82, 2.24) is 9.80 Å². The largest absolute Gasteiger partial charge is 0.465 e. The quantitative estimate of drug-likeness (QED) is 0.551. The van der Waals surface area contributed by atoms with E-state index in [1.165, 1.54) is 9.80 Å². The fraction of sp³-hybridized carbons (Fsp3) is 0.769. The molecule has 0 aromatic rings. The zero-order valence-electron chi connectivity index (χ0n) is 11.9. The van der Waals surface area contributed by atoms with Gasteiger partial charge in [0.2, 0.25) is 0 Å². The number of carbonyl (C=O) groups excluding carboxylic acids is 3. The predicted octanol–water partition coefficient (Wildman–Crippen LogP) is 0.383. The minimum Gasteiger partial charge on any atom is -0.465 e. The number of ether oxygens (including phenoxy) is 2. The van der Waals surface area contributed by atoms with E-state index in [2.05, 4.69) is 0 Å². The van der Waals surface area contributed by atoms with Crippen molar-refractivity contribution in [2.24, 2.45) is 0 Å². The molecule has 0 saturated carbocycles. The summed E-state index contributed by atoms with van der Waals surface area (Å²) >= 11 is 0. The van der Waals surface area contributed by atoms with Crippen molar-refractivity contribution in [2.75, 3.05) is 32.8 Å². The maximum Gasteiger partial charge on any atom is 0.410 e. The first-order chi connectivity index (χ1) is 9.55. The molecule has 0 aromatic carbocycles. The summed E-state index contributed by atoms with van der Waals surface area (Å²) in [6.45, 7) is 4.88. The lowest BCUT2D eigenvalue weighted by Crippen LogP contribution is -2.51. The van der Waals surface area contributed by atoms with Gasteiger partial charge in [-0.05, 0) is 26.7 Å². The standard InChI is InChI=1S/C13H20N2O5/c1-3-19-10(16)8-14-7-5-6-13(11(14)17)9-15(13)12(18)20-4-2/h3-9H2,1-2H3. The molecule has 2 fully saturated rings. The predicted molar refractivity (Wildman–Crippen MR) is 68.9 cm³/mol. The van der Waals surface area contributed by atoms with Gasteiger partial charge in [0.1, 0.15) is 12.1 Å². The van der Waals surface area contributed by atoms with Crippen LogP contribution in [-0.4, -0.2) is 66.2 Å². The Bertz CT molecular complexity index is 425. The number of amides is 2. The van der Waals surface area contributed by atoms with Crippen molar-refractivity contribution in [3.63, 3.8) is 0 Å². The molecule has 1 spiro atoms. The molecule has 0 radical (unpaired) electrons. The Morgan fingerprint density at radius 3 is 2.60 bits per heavy atom. The van der Waals surface area contributed by atoms with Crippen molar-refractivity contribution >= 4 is 18.0 Å². The van der Waals surface area contributed by atoms with Crippen molar-refractivity contribution < 1.29 is 23.9 Å². The summed E-state index contributed by atoms with van der Waals surface area (Å²) in [5.41, 5.74) is -0.781. The molecule has 20 heavy (non-hydrogen) atoms. The van der Waals surface area contributed by atoms with E-state index < -0.39 is 17.6 Å². The van der Waals surface area contributed by atoms with Gasteiger partial charge in [-0.1, -0.05) is 0 Å². The summed E-state index contributed by atoms with van der Waals surface area (Å²) in [4.78, 5) is 38.5. The van der Waals surface area contributed by atoms with Gasteiger partial charge in [-0.15, -0.1) is 0 Å². The number of hydrogen-bond donors (Lipinski definition) is 0. The molecule has 1 unspecified atom stereocenters. The van der Waals surface area contributed by atoms with Gasteiger partial charge >= 0.3 is 12.1 Å². The van der Waals surface area contributed by atoms with Crippen LogP contribution in [0.4, 0.5) is 4.79 Å². The van der Waals surface area contributed by atoms with Gasteiger partial charge in [0, 0.05) is 6.54 Å². The van der Waals surface area contributed by atoms with E-state index >= 15 is 0 Å². The Morgan fingerprint density at radius 2 is 1.95 bits per heavy atom. The van der Waals surface area contributed by atoms with Crippen molar-refractivity contribution in [2.45, 2.75) is 32.2 Å². The molecule has 2 aliphatic heterocycles. The monoisotopic (exact) mass is 284 g/mol. The van der Waals surface area contributed by atoms with E-state index in [1.807, 2.05) is 0 Å². The number of hydrogen-bond acceptors (Lipinski definition) is 5. The normalized spacial score (nSPS) is 24.8. The summed E-state index contributed by atoms with van der Waals surface area (Å²) in [5, 5.41) is 0. The first-order valence-corrected chi connectivity index (χ1v) is 6.94. The molecule has 2 rings (SSSR count). The Morgan fingerprint density at radius 1 is 1.25 bits per heavy atom. The third kappa shape index (κ3) is 2.57. The van der Waals surface area contributed by atoms with Crippen molar-refractivity contribution in [3.05, 3.63) is 0 Å². The Labute approximate surface area is 117 Å². The van der Waals surface area contributed by atoms with Crippen LogP contribution >= 0.6 is 0 Å². The summed E-state index contributed by atoms with van der Waals surface area (Å²) in [6.07, 6.45) is 0.934. The Balaban J connectivity index is 1.98. The van der Waals surface area contributed by atoms with Crippen LogP contribution in [-0.2, 0) is 19.1 Å². The molecule has 1 atom stereocenters. The number of carbonyl (C=O) groups is 3. The number of piperidine rings is 1. The zero-order chi connectivity index (χ0) is 14.8. The summed E-state index contributed by atoms with van der Waals surface area (Å²) in [5.74, 6) is -0.592. The lowest BCUT2D eigenvalue weighted by molar-refractivity contribution is -0.151. The fourth-order valence-corrected chi connectivity index (χ4v) is 2.64. The second-order valence-electron chi connectivity index (χ2n) is 4.95. The number of rotatable bonds is 4. The molecular formula is C13H20N2O5. The van der Waals surface area contributed by atoms with E-state index in [1.54, 1.807) is 13.8 Å². The average Bonchev–Trinajstić information content (AvgIpc) is 3.11. The molecule has 0 aromatic heterocycles. The first kappa shape index (κ1) is 14.6.